The van der Waals surface area contributed by atoms with Crippen LogP contribution < -0.4 is 15.6 Å². The van der Waals surface area contributed by atoms with E-state index < -0.39 is 32.2 Å². The molecule has 182 valence electrons. The van der Waals surface area contributed by atoms with Crippen molar-refractivity contribution in [3.63, 3.8) is 0 Å². The lowest BCUT2D eigenvalue weighted by molar-refractivity contribution is -0.139. The SMILES string of the molecule is COc1ccc(Cn2nnc(-c3c(-c4ccc(N)nc4)ccc(C(F)(F)F)c3S(N)(=O)=O)n2)cc1. The maximum absolute atomic E-state index is 13.8. The number of hydrogen-bond donors (Lipinski definition) is 2. The molecule has 0 bridgehead atoms. The predicted molar refractivity (Wildman–Crippen MR) is 119 cm³/mol. The Morgan fingerprint density at radius 3 is 2.34 bits per heavy atom. The van der Waals surface area contributed by atoms with Crippen molar-refractivity contribution in [1.82, 2.24) is 25.2 Å². The fraction of sp³-hybridized carbons (Fsp3) is 0.143. The molecule has 0 atom stereocenters. The highest BCUT2D eigenvalue weighted by Gasteiger charge is 2.40. The highest BCUT2D eigenvalue weighted by atomic mass is 32.2. The third-order valence-corrected chi connectivity index (χ3v) is 6.00. The first-order chi connectivity index (χ1) is 16.5. The topological polar surface area (TPSA) is 152 Å². The molecule has 0 saturated heterocycles. The molecule has 2 aromatic carbocycles. The van der Waals surface area contributed by atoms with Gasteiger partial charge in [-0.3, -0.25) is 0 Å². The maximum Gasteiger partial charge on any atom is 0.417 e. The molecule has 0 amide bonds. The van der Waals surface area contributed by atoms with Crippen LogP contribution in [0.1, 0.15) is 11.1 Å². The van der Waals surface area contributed by atoms with Crippen molar-refractivity contribution in [1.29, 1.82) is 0 Å². The second-order valence-corrected chi connectivity index (χ2v) is 8.87. The quantitative estimate of drug-likeness (QED) is 0.406. The molecular weight excluding hydrogens is 487 g/mol. The van der Waals surface area contributed by atoms with Crippen LogP contribution in [-0.2, 0) is 22.7 Å². The van der Waals surface area contributed by atoms with Gasteiger partial charge in [0, 0.05) is 11.8 Å². The Hall–Kier alpha value is -4.04. The maximum atomic E-state index is 13.8. The number of halogens is 3. The fourth-order valence-electron chi connectivity index (χ4n) is 3.43. The van der Waals surface area contributed by atoms with Gasteiger partial charge in [-0.25, -0.2) is 18.5 Å². The molecule has 35 heavy (non-hydrogen) atoms. The van der Waals surface area contributed by atoms with Crippen molar-refractivity contribution >= 4 is 15.8 Å². The number of pyridine rings is 1. The molecule has 0 aliphatic carbocycles. The van der Waals surface area contributed by atoms with Crippen molar-refractivity contribution in [3.05, 3.63) is 65.9 Å². The number of aromatic nitrogens is 5. The Morgan fingerprint density at radius 1 is 1.06 bits per heavy atom. The first-order valence-electron chi connectivity index (χ1n) is 9.87. The number of alkyl halides is 3. The van der Waals surface area contributed by atoms with Gasteiger partial charge in [0.25, 0.3) is 0 Å². The van der Waals surface area contributed by atoms with Crippen molar-refractivity contribution < 1.29 is 26.3 Å². The van der Waals surface area contributed by atoms with Crippen LogP contribution in [-0.4, -0.2) is 40.7 Å². The number of methoxy groups -OCH3 is 1. The van der Waals surface area contributed by atoms with E-state index in [1.807, 2.05) is 0 Å². The number of rotatable bonds is 6. The molecule has 2 aromatic heterocycles. The van der Waals surface area contributed by atoms with Crippen molar-refractivity contribution in [2.75, 3.05) is 12.8 Å². The van der Waals surface area contributed by atoms with Crippen LogP contribution in [0.3, 0.4) is 0 Å². The van der Waals surface area contributed by atoms with E-state index in [1.54, 1.807) is 24.3 Å². The number of nitrogens with two attached hydrogens (primary N) is 2. The lowest BCUT2D eigenvalue weighted by Gasteiger charge is -2.17. The Labute approximate surface area is 197 Å². The Morgan fingerprint density at radius 2 is 1.77 bits per heavy atom. The van der Waals surface area contributed by atoms with E-state index in [0.29, 0.717) is 11.8 Å². The molecule has 14 heteroatoms. The van der Waals surface area contributed by atoms with E-state index in [0.717, 1.165) is 16.4 Å². The fourth-order valence-corrected chi connectivity index (χ4v) is 4.41. The van der Waals surface area contributed by atoms with E-state index in [4.69, 9.17) is 15.6 Å². The molecule has 2 heterocycles. The van der Waals surface area contributed by atoms with E-state index in [2.05, 4.69) is 20.4 Å². The van der Waals surface area contributed by atoms with Gasteiger partial charge in [-0.05, 0) is 46.7 Å². The van der Waals surface area contributed by atoms with Gasteiger partial charge in [-0.2, -0.15) is 18.0 Å². The third kappa shape index (κ3) is 5.07. The Kier molecular flexibility index (Phi) is 6.17. The summed E-state index contributed by atoms with van der Waals surface area (Å²) in [5.41, 5.74) is 4.78. The number of anilines is 1. The summed E-state index contributed by atoms with van der Waals surface area (Å²) in [6.45, 7) is 0.111. The highest BCUT2D eigenvalue weighted by molar-refractivity contribution is 7.89. The normalized spacial score (nSPS) is 12.0. The molecule has 0 saturated carbocycles. The number of tetrazole rings is 1. The molecule has 0 unspecified atom stereocenters. The summed E-state index contributed by atoms with van der Waals surface area (Å²) >= 11 is 0. The number of nitrogen functional groups attached to an aromatic ring is 1. The number of hydrogen-bond acceptors (Lipinski definition) is 8. The van der Waals surface area contributed by atoms with Crippen LogP contribution in [0.5, 0.6) is 5.75 Å². The molecule has 0 fully saturated rings. The van der Waals surface area contributed by atoms with E-state index in [1.165, 1.54) is 25.4 Å². The second-order valence-electron chi connectivity index (χ2n) is 7.37. The summed E-state index contributed by atoms with van der Waals surface area (Å²) in [6.07, 6.45) is -3.73. The minimum Gasteiger partial charge on any atom is -0.497 e. The molecule has 4 aromatic rings. The summed E-state index contributed by atoms with van der Waals surface area (Å²) < 4.78 is 71.4. The summed E-state index contributed by atoms with van der Waals surface area (Å²) in [5, 5.41) is 17.1. The van der Waals surface area contributed by atoms with Crippen LogP contribution in [0.25, 0.3) is 22.5 Å². The number of nitrogens with zero attached hydrogens (tertiary/aromatic N) is 5. The average molecular weight is 505 g/mol. The molecule has 4 rings (SSSR count). The van der Waals surface area contributed by atoms with Gasteiger partial charge in [0.15, 0.2) is 0 Å². The van der Waals surface area contributed by atoms with Gasteiger partial charge in [0.05, 0.1) is 24.8 Å². The van der Waals surface area contributed by atoms with Gasteiger partial charge in [-0.15, -0.1) is 10.2 Å². The van der Waals surface area contributed by atoms with Crippen molar-refractivity contribution in [2.24, 2.45) is 5.14 Å². The molecule has 10 nitrogen and oxygen atoms in total. The molecule has 0 radical (unpaired) electrons. The predicted octanol–water partition coefficient (Wildman–Crippen LogP) is 2.71. The van der Waals surface area contributed by atoms with Gasteiger partial charge in [-0.1, -0.05) is 18.2 Å². The van der Waals surface area contributed by atoms with Gasteiger partial charge < -0.3 is 10.5 Å². The molecule has 0 aliphatic heterocycles. The summed E-state index contributed by atoms with van der Waals surface area (Å²) in [4.78, 5) is 3.89. The summed E-state index contributed by atoms with van der Waals surface area (Å²) in [5.74, 6) is 0.433. The van der Waals surface area contributed by atoms with Gasteiger partial charge in [0.2, 0.25) is 15.8 Å². The summed E-state index contributed by atoms with van der Waals surface area (Å²) in [6, 6.07) is 11.5. The lowest BCUT2D eigenvalue weighted by Crippen LogP contribution is -2.21. The molecule has 4 N–H and O–H groups in total. The van der Waals surface area contributed by atoms with Crippen LogP contribution in [0.4, 0.5) is 19.0 Å². The smallest absolute Gasteiger partial charge is 0.417 e. The summed E-state index contributed by atoms with van der Waals surface area (Å²) in [7, 11) is -3.37. The van der Waals surface area contributed by atoms with Crippen LogP contribution in [0, 0.1) is 0 Å². The first-order valence-corrected chi connectivity index (χ1v) is 11.4. The van der Waals surface area contributed by atoms with Crippen molar-refractivity contribution in [2.45, 2.75) is 17.6 Å². The Bertz CT molecular complexity index is 1470. The monoisotopic (exact) mass is 505 g/mol. The lowest BCUT2D eigenvalue weighted by atomic mass is 9.97. The van der Waals surface area contributed by atoms with E-state index >= 15 is 0 Å². The zero-order valence-electron chi connectivity index (χ0n) is 18.1. The zero-order valence-corrected chi connectivity index (χ0v) is 18.9. The van der Waals surface area contributed by atoms with Gasteiger partial charge in [0.1, 0.15) is 16.5 Å². The van der Waals surface area contributed by atoms with Crippen molar-refractivity contribution in [3.8, 4) is 28.3 Å². The zero-order chi connectivity index (χ0) is 25.4. The third-order valence-electron chi connectivity index (χ3n) is 5.00. The largest absolute Gasteiger partial charge is 0.497 e. The van der Waals surface area contributed by atoms with E-state index in [-0.39, 0.29) is 29.3 Å². The Balaban J connectivity index is 1.91. The second kappa shape index (κ2) is 8.96. The highest BCUT2D eigenvalue weighted by Crippen LogP contribution is 2.42. The molecule has 0 aliphatic rings. The van der Waals surface area contributed by atoms with E-state index in [9.17, 15) is 21.6 Å². The first kappa shape index (κ1) is 24.1. The van der Waals surface area contributed by atoms with Crippen LogP contribution in [0.2, 0.25) is 0 Å². The number of ether oxygens (including phenoxy) is 1. The minimum absolute atomic E-state index is 0.0542. The number of primary sulfonamides is 1. The minimum atomic E-state index is -5.02. The van der Waals surface area contributed by atoms with Crippen LogP contribution in [0.15, 0.2) is 59.6 Å². The average Bonchev–Trinajstić information content (AvgIpc) is 3.26. The number of sulfonamides is 1. The van der Waals surface area contributed by atoms with Crippen LogP contribution >= 0.6 is 0 Å². The van der Waals surface area contributed by atoms with Gasteiger partial charge >= 0.3 is 6.18 Å². The molecule has 0 spiro atoms. The molecular formula is C21H18F3N7O3S. The standard InChI is InChI=1S/C21H18F3N7O3S/c1-34-14-5-2-12(3-6-14)11-31-29-20(28-30-31)18-15(13-4-9-17(25)27-10-13)7-8-16(21(22,23)24)19(18)35(26,32)33/h2-10H,11H2,1H3,(H2,25,27)(H2,26,32,33). The number of benzene rings is 2.